The Morgan fingerprint density at radius 1 is 1.11 bits per heavy atom. The van der Waals surface area contributed by atoms with Crippen molar-refractivity contribution in [2.45, 2.75) is 11.7 Å². The molecule has 3 rings (SSSR count). The normalized spacial score (nSPS) is 10.4. The van der Waals surface area contributed by atoms with Crippen molar-refractivity contribution in [1.82, 2.24) is 14.9 Å². The smallest absolute Gasteiger partial charge is 0.316 e. The number of imidazole rings is 1. The largest absolute Gasteiger partial charge is 0.351 e. The number of hydrogen-bond donors (Lipinski definition) is 3. The van der Waals surface area contributed by atoms with Crippen molar-refractivity contribution in [1.29, 1.82) is 0 Å². The fraction of sp³-hybridized carbons (Fsp3) is 0.105. The highest BCUT2D eigenvalue weighted by atomic mass is 32.2. The molecule has 3 aromatic rings. The molecule has 0 saturated carbocycles. The summed E-state index contributed by atoms with van der Waals surface area (Å²) >= 11 is 1.48. The highest BCUT2D eigenvalue weighted by Gasteiger charge is 2.17. The van der Waals surface area contributed by atoms with Gasteiger partial charge in [-0.25, -0.2) is 9.78 Å². The number of nitrogens with one attached hydrogen (secondary N) is 2. The summed E-state index contributed by atoms with van der Waals surface area (Å²) in [6.45, 7) is 0.351. The molecule has 1 heterocycles. The molecule has 0 aliphatic carbocycles. The van der Waals surface area contributed by atoms with Crippen LogP contribution in [0.3, 0.4) is 0 Å². The maximum Gasteiger partial charge on any atom is 0.316 e. The number of anilines is 1. The van der Waals surface area contributed by atoms with E-state index < -0.39 is 6.03 Å². The molecule has 0 spiro atoms. The first kappa shape index (κ1) is 18.5. The van der Waals surface area contributed by atoms with E-state index in [2.05, 4.69) is 15.6 Å². The predicted octanol–water partition coefficient (Wildman–Crippen LogP) is 3.01. The van der Waals surface area contributed by atoms with E-state index in [1.54, 1.807) is 18.3 Å². The summed E-state index contributed by atoms with van der Waals surface area (Å²) < 4.78 is 1.83. The van der Waals surface area contributed by atoms with E-state index in [-0.39, 0.29) is 5.91 Å². The molecule has 0 aliphatic rings. The SMILES string of the molecule is CSc1ncc(C(=O)NCc2ccc(NC(N)=O)cc2)n1-c1ccccc1. The lowest BCUT2D eigenvalue weighted by Gasteiger charge is -2.11. The van der Waals surface area contributed by atoms with Crippen molar-refractivity contribution in [3.05, 3.63) is 72.1 Å². The lowest BCUT2D eigenvalue weighted by atomic mass is 10.2. The van der Waals surface area contributed by atoms with E-state index >= 15 is 0 Å². The van der Waals surface area contributed by atoms with Crippen LogP contribution >= 0.6 is 11.8 Å². The second-order valence-corrected chi connectivity index (χ2v) is 6.44. The number of urea groups is 1. The van der Waals surface area contributed by atoms with E-state index in [9.17, 15) is 9.59 Å². The van der Waals surface area contributed by atoms with E-state index in [4.69, 9.17) is 5.73 Å². The summed E-state index contributed by atoms with van der Waals surface area (Å²) in [4.78, 5) is 27.9. The molecule has 0 atom stereocenters. The van der Waals surface area contributed by atoms with E-state index in [0.29, 0.717) is 17.9 Å². The number of thioether (sulfide) groups is 1. The van der Waals surface area contributed by atoms with Gasteiger partial charge in [0.15, 0.2) is 5.16 Å². The summed E-state index contributed by atoms with van der Waals surface area (Å²) in [6, 6.07) is 16.1. The molecule has 1 aromatic heterocycles. The van der Waals surface area contributed by atoms with E-state index in [1.807, 2.05) is 53.3 Å². The molecule has 0 saturated heterocycles. The van der Waals surface area contributed by atoms with Crippen LogP contribution in [0, 0.1) is 0 Å². The summed E-state index contributed by atoms with van der Waals surface area (Å²) in [6.07, 6.45) is 3.50. The molecule has 0 radical (unpaired) electrons. The fourth-order valence-electron chi connectivity index (χ4n) is 2.59. The van der Waals surface area contributed by atoms with Crippen molar-refractivity contribution in [3.63, 3.8) is 0 Å². The molecule has 0 aliphatic heterocycles. The molecular weight excluding hydrogens is 362 g/mol. The van der Waals surface area contributed by atoms with Crippen LogP contribution in [0.25, 0.3) is 5.69 Å². The maximum absolute atomic E-state index is 12.7. The third kappa shape index (κ3) is 4.48. The summed E-state index contributed by atoms with van der Waals surface area (Å²) in [5.74, 6) is -0.217. The predicted molar refractivity (Wildman–Crippen MR) is 106 cm³/mol. The van der Waals surface area contributed by atoms with Gasteiger partial charge in [0, 0.05) is 17.9 Å². The molecule has 7 nitrogen and oxygen atoms in total. The quantitative estimate of drug-likeness (QED) is 0.571. The van der Waals surface area contributed by atoms with Gasteiger partial charge in [-0.05, 0) is 36.1 Å². The van der Waals surface area contributed by atoms with Gasteiger partial charge >= 0.3 is 6.03 Å². The Bertz CT molecular complexity index is 938. The lowest BCUT2D eigenvalue weighted by molar-refractivity contribution is 0.0943. The van der Waals surface area contributed by atoms with Crippen LogP contribution in [0.2, 0.25) is 0 Å². The molecule has 2 aromatic carbocycles. The standard InChI is InChI=1S/C19H19N5O2S/c1-27-19-22-12-16(24(19)15-5-3-2-4-6-15)17(25)21-11-13-7-9-14(10-8-13)23-18(20)26/h2-10,12H,11H2,1H3,(H,21,25)(H3,20,23,26). The second-order valence-electron chi connectivity index (χ2n) is 5.67. The number of para-hydroxylation sites is 1. The minimum Gasteiger partial charge on any atom is -0.351 e. The number of carbonyl (C=O) groups excluding carboxylic acids is 2. The Labute approximate surface area is 161 Å². The van der Waals surface area contributed by atoms with E-state index in [0.717, 1.165) is 16.4 Å². The summed E-state index contributed by atoms with van der Waals surface area (Å²) in [7, 11) is 0. The van der Waals surface area contributed by atoms with Gasteiger partial charge in [-0.15, -0.1) is 0 Å². The van der Waals surface area contributed by atoms with Crippen LogP contribution in [0.5, 0.6) is 0 Å². The molecule has 0 unspecified atom stereocenters. The number of carbonyl (C=O) groups is 2. The maximum atomic E-state index is 12.7. The molecule has 3 amide bonds. The Hall–Kier alpha value is -3.26. The molecule has 27 heavy (non-hydrogen) atoms. The Kier molecular flexibility index (Phi) is 5.77. The first-order valence-corrected chi connectivity index (χ1v) is 9.41. The molecule has 8 heteroatoms. The molecule has 0 bridgehead atoms. The minimum atomic E-state index is -0.616. The van der Waals surface area contributed by atoms with Crippen molar-refractivity contribution in [2.75, 3.05) is 11.6 Å². The lowest BCUT2D eigenvalue weighted by Crippen LogP contribution is -2.25. The van der Waals surface area contributed by atoms with Gasteiger partial charge in [-0.1, -0.05) is 42.1 Å². The first-order valence-electron chi connectivity index (χ1n) is 8.19. The van der Waals surface area contributed by atoms with Crippen LogP contribution in [-0.4, -0.2) is 27.7 Å². The zero-order valence-electron chi connectivity index (χ0n) is 14.7. The molecule has 0 fully saturated rings. The van der Waals surface area contributed by atoms with Crippen molar-refractivity contribution >= 4 is 29.4 Å². The number of nitrogens with two attached hydrogens (primary N) is 1. The van der Waals surface area contributed by atoms with Crippen molar-refractivity contribution in [3.8, 4) is 5.69 Å². The number of nitrogens with zero attached hydrogens (tertiary/aromatic N) is 2. The van der Waals surface area contributed by atoms with Gasteiger partial charge in [0.1, 0.15) is 5.69 Å². The average molecular weight is 381 g/mol. The van der Waals surface area contributed by atoms with Crippen molar-refractivity contribution < 1.29 is 9.59 Å². The van der Waals surface area contributed by atoms with Gasteiger partial charge in [0.05, 0.1) is 6.20 Å². The third-order valence-electron chi connectivity index (χ3n) is 3.83. The zero-order valence-corrected chi connectivity index (χ0v) is 15.5. The van der Waals surface area contributed by atoms with Crippen molar-refractivity contribution in [2.24, 2.45) is 5.73 Å². The Balaban J connectivity index is 1.73. The summed E-state index contributed by atoms with van der Waals surface area (Å²) in [5.41, 5.74) is 7.93. The number of rotatable bonds is 6. The third-order valence-corrected chi connectivity index (χ3v) is 4.49. The number of benzene rings is 2. The molecule has 138 valence electrons. The van der Waals surface area contributed by atoms with Gasteiger partial charge in [-0.2, -0.15) is 0 Å². The minimum absolute atomic E-state index is 0.217. The number of amides is 3. The van der Waals surface area contributed by atoms with Crippen LogP contribution < -0.4 is 16.4 Å². The van der Waals surface area contributed by atoms with Crippen LogP contribution in [0.15, 0.2) is 66.0 Å². The number of hydrogen-bond acceptors (Lipinski definition) is 4. The van der Waals surface area contributed by atoms with Crippen LogP contribution in [0.4, 0.5) is 10.5 Å². The van der Waals surface area contributed by atoms with Crippen LogP contribution in [-0.2, 0) is 6.54 Å². The Morgan fingerprint density at radius 3 is 2.44 bits per heavy atom. The zero-order chi connectivity index (χ0) is 19.2. The second kappa shape index (κ2) is 8.41. The fourth-order valence-corrected chi connectivity index (χ4v) is 3.13. The molecule has 4 N–H and O–H groups in total. The van der Waals surface area contributed by atoms with Gasteiger partial charge in [-0.3, -0.25) is 9.36 Å². The van der Waals surface area contributed by atoms with Gasteiger partial charge < -0.3 is 16.4 Å². The topological polar surface area (TPSA) is 102 Å². The van der Waals surface area contributed by atoms with Gasteiger partial charge in [0.25, 0.3) is 5.91 Å². The average Bonchev–Trinajstić information content (AvgIpc) is 3.11. The monoisotopic (exact) mass is 381 g/mol. The first-order chi connectivity index (χ1) is 13.1. The Morgan fingerprint density at radius 2 is 1.81 bits per heavy atom. The summed E-state index contributed by atoms with van der Waals surface area (Å²) in [5, 5.41) is 6.14. The highest BCUT2D eigenvalue weighted by molar-refractivity contribution is 7.98. The van der Waals surface area contributed by atoms with Crippen LogP contribution in [0.1, 0.15) is 16.1 Å². The molecular formula is C19H19N5O2S. The highest BCUT2D eigenvalue weighted by Crippen LogP contribution is 2.21. The van der Waals surface area contributed by atoms with E-state index in [1.165, 1.54) is 11.8 Å². The number of aromatic nitrogens is 2. The number of primary amides is 1. The van der Waals surface area contributed by atoms with Gasteiger partial charge in [0.2, 0.25) is 0 Å².